The highest BCUT2D eigenvalue weighted by atomic mass is 16.6. The zero-order valence-electron chi connectivity index (χ0n) is 9.74. The summed E-state index contributed by atoms with van der Waals surface area (Å²) in [6.07, 6.45) is 9.48. The van der Waals surface area contributed by atoms with Crippen LogP contribution in [0.1, 0.15) is 51.4 Å². The highest BCUT2D eigenvalue weighted by Crippen LogP contribution is 2.52. The molecule has 0 aromatic rings. The van der Waals surface area contributed by atoms with E-state index in [0.29, 0.717) is 25.0 Å². The second kappa shape index (κ2) is 4.02. The highest BCUT2D eigenvalue weighted by molar-refractivity contribution is 5.69. The molecule has 3 aliphatic rings. The molecule has 0 aromatic carbocycles. The molecule has 1 saturated carbocycles. The van der Waals surface area contributed by atoms with Crippen molar-refractivity contribution in [2.45, 2.75) is 63.1 Å². The quantitative estimate of drug-likeness (QED) is 0.534. The summed E-state index contributed by atoms with van der Waals surface area (Å²) in [5.41, 5.74) is 0.219. The molecule has 0 amide bonds. The zero-order valence-corrected chi connectivity index (χ0v) is 9.74. The lowest BCUT2D eigenvalue weighted by Crippen LogP contribution is -2.23. The fourth-order valence-corrected chi connectivity index (χ4v) is 3.40. The van der Waals surface area contributed by atoms with Crippen molar-refractivity contribution < 1.29 is 14.3 Å². The number of hydrogen-bond acceptors (Lipinski definition) is 3. The van der Waals surface area contributed by atoms with Crippen LogP contribution in [0.2, 0.25) is 0 Å². The van der Waals surface area contributed by atoms with E-state index in [0.717, 1.165) is 19.3 Å². The maximum absolute atomic E-state index is 11.2. The van der Waals surface area contributed by atoms with Crippen molar-refractivity contribution in [3.8, 4) is 0 Å². The number of epoxide rings is 1. The van der Waals surface area contributed by atoms with Gasteiger partial charge < -0.3 is 9.47 Å². The van der Waals surface area contributed by atoms with E-state index in [-0.39, 0.29) is 11.6 Å². The summed E-state index contributed by atoms with van der Waals surface area (Å²) in [5, 5.41) is 0. The molecule has 0 radical (unpaired) electrons. The fourth-order valence-electron chi connectivity index (χ4n) is 3.40. The lowest BCUT2D eigenvalue weighted by atomic mass is 9.80. The Morgan fingerprint density at radius 3 is 3.06 bits per heavy atom. The van der Waals surface area contributed by atoms with Crippen LogP contribution in [0.25, 0.3) is 0 Å². The van der Waals surface area contributed by atoms with Crippen molar-refractivity contribution in [3.05, 3.63) is 0 Å². The second-order valence-electron chi connectivity index (χ2n) is 5.54. The van der Waals surface area contributed by atoms with Crippen LogP contribution in [-0.4, -0.2) is 24.3 Å². The Hall–Kier alpha value is -0.570. The number of fused-ring (bicyclic) bond motifs is 1. The Bertz CT molecular complexity index is 289. The number of carbonyl (C=O) groups is 1. The molecule has 3 unspecified atom stereocenters. The lowest BCUT2D eigenvalue weighted by Gasteiger charge is -2.22. The monoisotopic (exact) mass is 224 g/mol. The number of cyclic esters (lactones) is 1. The minimum Gasteiger partial charge on any atom is -0.466 e. The highest BCUT2D eigenvalue weighted by Gasteiger charge is 2.57. The molecule has 3 atom stereocenters. The van der Waals surface area contributed by atoms with E-state index in [1.54, 1.807) is 0 Å². The summed E-state index contributed by atoms with van der Waals surface area (Å²) in [5.74, 6) is 0.617. The third kappa shape index (κ3) is 1.97. The van der Waals surface area contributed by atoms with Gasteiger partial charge in [-0.05, 0) is 38.0 Å². The molecule has 3 heteroatoms. The molecule has 0 bridgehead atoms. The van der Waals surface area contributed by atoms with Crippen molar-refractivity contribution in [1.29, 1.82) is 0 Å². The summed E-state index contributed by atoms with van der Waals surface area (Å²) in [6, 6.07) is 0. The zero-order chi connectivity index (χ0) is 11.0. The predicted octanol–water partition coefficient (Wildman–Crippen LogP) is 2.43. The number of hydrogen-bond donors (Lipinski definition) is 0. The van der Waals surface area contributed by atoms with Gasteiger partial charge in [-0.1, -0.05) is 12.8 Å². The second-order valence-corrected chi connectivity index (χ2v) is 5.54. The van der Waals surface area contributed by atoms with Gasteiger partial charge in [0.1, 0.15) is 0 Å². The molecule has 90 valence electrons. The van der Waals surface area contributed by atoms with Crippen molar-refractivity contribution in [2.24, 2.45) is 5.92 Å². The topological polar surface area (TPSA) is 38.8 Å². The average Bonchev–Trinajstić information content (AvgIpc) is 3.01. The molecular formula is C13H20O3. The molecular weight excluding hydrogens is 204 g/mol. The van der Waals surface area contributed by atoms with Gasteiger partial charge in [0, 0.05) is 6.42 Å². The lowest BCUT2D eigenvalue weighted by molar-refractivity contribution is -0.142. The largest absolute Gasteiger partial charge is 0.466 e. The number of carbonyl (C=O) groups excluding carboxylic acids is 1. The number of rotatable bonds is 2. The summed E-state index contributed by atoms with van der Waals surface area (Å²) < 4.78 is 11.0. The van der Waals surface area contributed by atoms with Gasteiger partial charge in [-0.3, -0.25) is 4.79 Å². The van der Waals surface area contributed by atoms with Gasteiger partial charge in [0.25, 0.3) is 0 Å². The minimum atomic E-state index is -0.0168. The van der Waals surface area contributed by atoms with Crippen LogP contribution in [0.3, 0.4) is 0 Å². The summed E-state index contributed by atoms with van der Waals surface area (Å²) >= 11 is 0. The first kappa shape index (κ1) is 10.6. The molecule has 2 aliphatic heterocycles. The molecule has 2 saturated heterocycles. The summed E-state index contributed by atoms with van der Waals surface area (Å²) in [7, 11) is 0. The van der Waals surface area contributed by atoms with Crippen LogP contribution in [0, 0.1) is 5.92 Å². The first-order valence-electron chi connectivity index (χ1n) is 6.62. The van der Waals surface area contributed by atoms with E-state index in [2.05, 4.69) is 0 Å². The van der Waals surface area contributed by atoms with Gasteiger partial charge in [0.15, 0.2) is 0 Å². The summed E-state index contributed by atoms with van der Waals surface area (Å²) in [6.45, 7) is 0.615. The van der Waals surface area contributed by atoms with E-state index >= 15 is 0 Å². The smallest absolute Gasteiger partial charge is 0.305 e. The summed E-state index contributed by atoms with van der Waals surface area (Å²) in [4.78, 5) is 11.2. The van der Waals surface area contributed by atoms with Crippen LogP contribution in [0.15, 0.2) is 0 Å². The third-order valence-corrected chi connectivity index (χ3v) is 4.40. The van der Waals surface area contributed by atoms with E-state index in [1.807, 2.05) is 0 Å². The Labute approximate surface area is 96.5 Å². The normalized spacial score (nSPS) is 43.1. The molecule has 0 N–H and O–H groups in total. The van der Waals surface area contributed by atoms with E-state index < -0.39 is 0 Å². The minimum absolute atomic E-state index is 0.0168. The average molecular weight is 224 g/mol. The first-order chi connectivity index (χ1) is 7.78. The van der Waals surface area contributed by atoms with Crippen molar-refractivity contribution in [2.75, 3.05) is 6.61 Å². The third-order valence-electron chi connectivity index (χ3n) is 4.40. The molecule has 0 aromatic heterocycles. The number of ether oxygens (including phenoxy) is 2. The van der Waals surface area contributed by atoms with Crippen molar-refractivity contribution in [3.63, 3.8) is 0 Å². The van der Waals surface area contributed by atoms with Crippen LogP contribution in [-0.2, 0) is 14.3 Å². The van der Waals surface area contributed by atoms with Crippen LogP contribution >= 0.6 is 0 Å². The molecule has 1 aliphatic carbocycles. The van der Waals surface area contributed by atoms with Gasteiger partial charge in [-0.2, -0.15) is 0 Å². The fraction of sp³-hybridized carbons (Fsp3) is 0.923. The van der Waals surface area contributed by atoms with E-state index in [4.69, 9.17) is 9.47 Å². The van der Waals surface area contributed by atoms with Crippen LogP contribution in [0.5, 0.6) is 0 Å². The van der Waals surface area contributed by atoms with Crippen molar-refractivity contribution >= 4 is 5.97 Å². The van der Waals surface area contributed by atoms with Gasteiger partial charge >= 0.3 is 5.97 Å². The van der Waals surface area contributed by atoms with Gasteiger partial charge in [-0.15, -0.1) is 0 Å². The van der Waals surface area contributed by atoms with Gasteiger partial charge in [0.2, 0.25) is 0 Å². The molecule has 3 rings (SSSR count). The SMILES string of the molecule is O=C1CCC(CC23CCCCC2O3)CCO1. The first-order valence-corrected chi connectivity index (χ1v) is 6.62. The number of esters is 1. The molecule has 16 heavy (non-hydrogen) atoms. The molecule has 3 nitrogen and oxygen atoms in total. The molecule has 3 fully saturated rings. The Balaban J connectivity index is 1.56. The van der Waals surface area contributed by atoms with E-state index in [9.17, 15) is 4.79 Å². The molecule has 0 spiro atoms. The van der Waals surface area contributed by atoms with Crippen LogP contribution in [0.4, 0.5) is 0 Å². The Morgan fingerprint density at radius 2 is 2.19 bits per heavy atom. The Kier molecular flexibility index (Phi) is 2.66. The Morgan fingerprint density at radius 1 is 1.25 bits per heavy atom. The predicted molar refractivity (Wildman–Crippen MR) is 59.0 cm³/mol. The van der Waals surface area contributed by atoms with Gasteiger partial charge in [-0.25, -0.2) is 0 Å². The van der Waals surface area contributed by atoms with Crippen LogP contribution < -0.4 is 0 Å². The van der Waals surface area contributed by atoms with Crippen molar-refractivity contribution in [1.82, 2.24) is 0 Å². The maximum atomic E-state index is 11.2. The van der Waals surface area contributed by atoms with Gasteiger partial charge in [0.05, 0.1) is 18.3 Å². The maximum Gasteiger partial charge on any atom is 0.305 e. The van der Waals surface area contributed by atoms with E-state index in [1.165, 1.54) is 25.7 Å². The standard InChI is InChI=1S/C13H20O3/c14-12-5-4-10(6-8-15-12)9-13-7-2-1-3-11(13)16-13/h10-11H,1-9H2. The molecule has 2 heterocycles.